The first-order valence-electron chi connectivity index (χ1n) is 8.15. The van der Waals surface area contributed by atoms with Crippen molar-refractivity contribution in [1.29, 1.82) is 0 Å². The quantitative estimate of drug-likeness (QED) is 0.796. The van der Waals surface area contributed by atoms with Crippen molar-refractivity contribution in [2.24, 2.45) is 0 Å². The van der Waals surface area contributed by atoms with E-state index < -0.39 is 5.82 Å². The highest BCUT2D eigenvalue weighted by atomic mass is 32.2. The molecule has 0 bridgehead atoms. The largest absolute Gasteiger partial charge is 0.460 e. The van der Waals surface area contributed by atoms with Crippen LogP contribution < -0.4 is 10.1 Å². The van der Waals surface area contributed by atoms with Crippen molar-refractivity contribution >= 4 is 17.7 Å². The van der Waals surface area contributed by atoms with Crippen molar-refractivity contribution in [3.8, 4) is 6.01 Å². The molecule has 0 aliphatic heterocycles. The fraction of sp³-hybridized carbons (Fsp3) is 0.412. The Hall–Kier alpha value is -2.22. The molecule has 2 aromatic heterocycles. The van der Waals surface area contributed by atoms with Crippen molar-refractivity contribution in [2.75, 3.05) is 5.75 Å². The molecule has 0 radical (unpaired) electrons. The molecule has 1 amide bonds. The molecule has 0 unspecified atom stereocenters. The van der Waals surface area contributed by atoms with Crippen LogP contribution in [0.1, 0.15) is 25.7 Å². The van der Waals surface area contributed by atoms with Gasteiger partial charge in [-0.25, -0.2) is 14.4 Å². The summed E-state index contributed by atoms with van der Waals surface area (Å²) >= 11 is 1.50. The van der Waals surface area contributed by atoms with Crippen molar-refractivity contribution in [1.82, 2.24) is 20.3 Å². The monoisotopic (exact) mass is 362 g/mol. The van der Waals surface area contributed by atoms with E-state index >= 15 is 0 Å². The Bertz CT molecular complexity index is 679. The van der Waals surface area contributed by atoms with E-state index in [0.717, 1.165) is 43.0 Å². The summed E-state index contributed by atoms with van der Waals surface area (Å²) in [5.74, 6) is -0.0550. The van der Waals surface area contributed by atoms with E-state index in [1.165, 1.54) is 11.8 Å². The molecular weight excluding hydrogens is 343 g/mol. The predicted octanol–water partition coefficient (Wildman–Crippen LogP) is 2.61. The second-order valence-electron chi connectivity index (χ2n) is 5.81. The van der Waals surface area contributed by atoms with Gasteiger partial charge in [0.15, 0.2) is 5.82 Å². The number of nitrogens with zero attached hydrogens (tertiary/aromatic N) is 3. The number of hydrogen-bond donors (Lipinski definition) is 1. The number of ether oxygens (including phenoxy) is 1. The first-order valence-corrected chi connectivity index (χ1v) is 9.14. The number of rotatable bonds is 6. The average molecular weight is 362 g/mol. The van der Waals surface area contributed by atoms with Crippen molar-refractivity contribution in [2.45, 2.75) is 42.7 Å². The van der Waals surface area contributed by atoms with Crippen molar-refractivity contribution in [3.63, 3.8) is 0 Å². The lowest BCUT2D eigenvalue weighted by Gasteiger charge is -2.28. The van der Waals surface area contributed by atoms with Crippen LogP contribution in [0.2, 0.25) is 0 Å². The first kappa shape index (κ1) is 17.6. The standard InChI is InChI=1S/C17H19FN4O2S/c18-12-9-20-17(21-10-12)24-14-3-1-13(2-4-14)22-16(23)11-25-15-5-7-19-8-6-15/h5-10,13-14H,1-4,11H2,(H,22,23). The summed E-state index contributed by atoms with van der Waals surface area (Å²) in [4.78, 5) is 24.7. The molecule has 2 aromatic rings. The molecule has 0 atom stereocenters. The number of pyridine rings is 1. The predicted molar refractivity (Wildman–Crippen MR) is 91.8 cm³/mol. The molecule has 25 heavy (non-hydrogen) atoms. The SMILES string of the molecule is O=C(CSc1ccncc1)NC1CCC(Oc2ncc(F)cn2)CC1. The van der Waals surface area contributed by atoms with Gasteiger partial charge < -0.3 is 10.1 Å². The maximum absolute atomic E-state index is 12.8. The topological polar surface area (TPSA) is 77.0 Å². The van der Waals surface area contributed by atoms with Gasteiger partial charge in [-0.15, -0.1) is 11.8 Å². The van der Waals surface area contributed by atoms with E-state index in [1.807, 2.05) is 12.1 Å². The number of carbonyl (C=O) groups excluding carboxylic acids is 1. The Balaban J connectivity index is 1.37. The highest BCUT2D eigenvalue weighted by Crippen LogP contribution is 2.22. The van der Waals surface area contributed by atoms with E-state index in [4.69, 9.17) is 4.74 Å². The number of thioether (sulfide) groups is 1. The molecule has 2 heterocycles. The molecule has 0 aromatic carbocycles. The summed E-state index contributed by atoms with van der Waals surface area (Å²) in [6.07, 6.45) is 8.92. The third-order valence-corrected chi connectivity index (χ3v) is 4.94. The van der Waals surface area contributed by atoms with E-state index in [2.05, 4.69) is 20.3 Å². The fourth-order valence-electron chi connectivity index (χ4n) is 2.69. The van der Waals surface area contributed by atoms with Crippen molar-refractivity contribution < 1.29 is 13.9 Å². The molecule has 6 nitrogen and oxygen atoms in total. The van der Waals surface area contributed by atoms with Gasteiger partial charge in [-0.2, -0.15) is 0 Å². The smallest absolute Gasteiger partial charge is 0.316 e. The van der Waals surface area contributed by atoms with Crippen LogP contribution in [0, 0.1) is 5.82 Å². The highest BCUT2D eigenvalue weighted by molar-refractivity contribution is 8.00. The lowest BCUT2D eigenvalue weighted by molar-refractivity contribution is -0.119. The molecule has 3 rings (SSSR count). The number of carbonyl (C=O) groups is 1. The summed E-state index contributed by atoms with van der Waals surface area (Å²) in [5, 5.41) is 3.07. The number of nitrogens with one attached hydrogen (secondary N) is 1. The van der Waals surface area contributed by atoms with E-state index in [0.29, 0.717) is 5.75 Å². The highest BCUT2D eigenvalue weighted by Gasteiger charge is 2.24. The van der Waals surface area contributed by atoms with Gasteiger partial charge in [0.2, 0.25) is 5.91 Å². The Morgan fingerprint density at radius 2 is 1.88 bits per heavy atom. The van der Waals surface area contributed by atoms with Gasteiger partial charge in [0, 0.05) is 23.3 Å². The molecule has 0 saturated heterocycles. The Kier molecular flexibility index (Phi) is 6.16. The molecule has 1 aliphatic carbocycles. The Morgan fingerprint density at radius 3 is 2.56 bits per heavy atom. The van der Waals surface area contributed by atoms with Gasteiger partial charge >= 0.3 is 6.01 Å². The zero-order valence-corrected chi connectivity index (χ0v) is 14.4. The van der Waals surface area contributed by atoms with Gasteiger partial charge in [0.1, 0.15) is 6.10 Å². The van der Waals surface area contributed by atoms with E-state index in [-0.39, 0.29) is 24.1 Å². The van der Waals surface area contributed by atoms with E-state index in [1.54, 1.807) is 12.4 Å². The third kappa shape index (κ3) is 5.67. The molecule has 132 valence electrons. The molecule has 8 heteroatoms. The number of amides is 1. The number of hydrogen-bond acceptors (Lipinski definition) is 6. The van der Waals surface area contributed by atoms with Crippen LogP contribution >= 0.6 is 11.8 Å². The van der Waals surface area contributed by atoms with Crippen LogP contribution in [0.3, 0.4) is 0 Å². The van der Waals surface area contributed by atoms with Crippen LogP contribution in [0.25, 0.3) is 0 Å². The van der Waals surface area contributed by atoms with Crippen LogP contribution in [-0.4, -0.2) is 38.8 Å². The lowest BCUT2D eigenvalue weighted by Crippen LogP contribution is -2.40. The molecule has 0 spiro atoms. The zero-order valence-electron chi connectivity index (χ0n) is 13.6. The minimum Gasteiger partial charge on any atom is -0.460 e. The maximum atomic E-state index is 12.8. The van der Waals surface area contributed by atoms with Gasteiger partial charge in [-0.05, 0) is 37.8 Å². The minimum atomic E-state index is -0.483. The molecular formula is C17H19FN4O2S. The van der Waals surface area contributed by atoms with Crippen LogP contribution in [0.4, 0.5) is 4.39 Å². The summed E-state index contributed by atoms with van der Waals surface area (Å²) in [7, 11) is 0. The van der Waals surface area contributed by atoms with Gasteiger partial charge in [-0.3, -0.25) is 9.78 Å². The van der Waals surface area contributed by atoms with Gasteiger partial charge in [0.25, 0.3) is 0 Å². The number of aromatic nitrogens is 3. The second kappa shape index (κ2) is 8.75. The molecule has 1 fully saturated rings. The normalized spacial score (nSPS) is 20.0. The summed E-state index contributed by atoms with van der Waals surface area (Å²) in [6.45, 7) is 0. The Labute approximate surface area is 149 Å². The van der Waals surface area contributed by atoms with Crippen LogP contribution in [-0.2, 0) is 4.79 Å². The first-order chi connectivity index (χ1) is 12.2. The molecule has 1 saturated carbocycles. The summed E-state index contributed by atoms with van der Waals surface area (Å²) in [6, 6.07) is 4.14. The molecule has 1 aliphatic rings. The van der Waals surface area contributed by atoms with Crippen LogP contribution in [0.5, 0.6) is 6.01 Å². The average Bonchev–Trinajstić information content (AvgIpc) is 2.64. The fourth-order valence-corrected chi connectivity index (χ4v) is 3.38. The summed E-state index contributed by atoms with van der Waals surface area (Å²) < 4.78 is 18.4. The van der Waals surface area contributed by atoms with Gasteiger partial charge in [-0.1, -0.05) is 0 Å². The van der Waals surface area contributed by atoms with Gasteiger partial charge in [0.05, 0.1) is 18.1 Å². The molecule has 1 N–H and O–H groups in total. The van der Waals surface area contributed by atoms with E-state index in [9.17, 15) is 9.18 Å². The zero-order chi connectivity index (χ0) is 17.5. The Morgan fingerprint density at radius 1 is 1.20 bits per heavy atom. The van der Waals surface area contributed by atoms with Crippen molar-refractivity contribution in [3.05, 3.63) is 42.7 Å². The summed E-state index contributed by atoms with van der Waals surface area (Å²) in [5.41, 5.74) is 0. The lowest BCUT2D eigenvalue weighted by atomic mass is 9.93. The minimum absolute atomic E-state index is 0.00445. The number of halogens is 1. The van der Waals surface area contributed by atoms with Crippen LogP contribution in [0.15, 0.2) is 41.8 Å². The second-order valence-corrected chi connectivity index (χ2v) is 6.86. The third-order valence-electron chi connectivity index (χ3n) is 3.93. The maximum Gasteiger partial charge on any atom is 0.316 e.